The van der Waals surface area contributed by atoms with Crippen LogP contribution in [0.2, 0.25) is 0 Å². The molecule has 1 fully saturated rings. The molecular formula is C17H22N4O2S. The van der Waals surface area contributed by atoms with Crippen molar-refractivity contribution in [2.75, 3.05) is 13.1 Å². The number of piperazine rings is 1. The summed E-state index contributed by atoms with van der Waals surface area (Å²) in [7, 11) is 0. The van der Waals surface area contributed by atoms with Gasteiger partial charge in [-0.15, -0.1) is 11.3 Å². The number of thiazole rings is 1. The number of nitrogens with one attached hydrogen (secondary N) is 2. The second-order valence-electron chi connectivity index (χ2n) is 6.19. The highest BCUT2D eigenvalue weighted by Crippen LogP contribution is 2.21. The largest absolute Gasteiger partial charge is 0.353 e. The number of carbonyl (C=O) groups excluding carboxylic acids is 2. The number of carbonyl (C=O) groups is 2. The van der Waals surface area contributed by atoms with E-state index in [4.69, 9.17) is 0 Å². The van der Waals surface area contributed by atoms with Crippen LogP contribution in [0.4, 0.5) is 0 Å². The lowest BCUT2D eigenvalue weighted by atomic mass is 10.1. The number of fused-ring (bicyclic) bond motifs is 1. The predicted molar refractivity (Wildman–Crippen MR) is 94.7 cm³/mol. The first kappa shape index (κ1) is 16.9. The zero-order valence-corrected chi connectivity index (χ0v) is 14.7. The summed E-state index contributed by atoms with van der Waals surface area (Å²) in [6, 6.07) is 7.75. The molecule has 0 unspecified atom stereocenters. The van der Waals surface area contributed by atoms with Crippen LogP contribution in [0.25, 0.3) is 10.2 Å². The Bertz CT molecular complexity index is 710. The molecule has 2 N–H and O–H groups in total. The average Bonchev–Trinajstić information content (AvgIpc) is 2.97. The van der Waals surface area contributed by atoms with Gasteiger partial charge in [-0.1, -0.05) is 12.1 Å². The van der Waals surface area contributed by atoms with E-state index in [2.05, 4.69) is 20.5 Å². The number of hydrogen-bond donors (Lipinski definition) is 2. The number of rotatable bonds is 5. The lowest BCUT2D eigenvalue weighted by molar-refractivity contribution is -0.134. The third-order valence-electron chi connectivity index (χ3n) is 4.19. The highest BCUT2D eigenvalue weighted by atomic mass is 32.1. The van der Waals surface area contributed by atoms with Gasteiger partial charge in [-0.05, 0) is 26.0 Å². The molecule has 1 aliphatic heterocycles. The first-order valence-electron chi connectivity index (χ1n) is 8.19. The van der Waals surface area contributed by atoms with E-state index >= 15 is 0 Å². The standard InChI is InChI=1S/C17H22N4O2S/c1-11(2)21-8-7-18-17(23)13(21)9-15(22)19-10-16-20-12-5-3-4-6-14(12)24-16/h3-6,11,13H,7-10H2,1-2H3,(H,18,23)(H,19,22)/t13-/m1/s1. The third-order valence-corrected chi connectivity index (χ3v) is 5.23. The fraction of sp³-hybridized carbons (Fsp3) is 0.471. The highest BCUT2D eigenvalue weighted by Gasteiger charge is 2.32. The number of benzene rings is 1. The molecule has 2 amide bonds. The molecule has 2 aromatic rings. The Hall–Kier alpha value is -1.99. The minimum Gasteiger partial charge on any atom is -0.353 e. The molecule has 7 heteroatoms. The van der Waals surface area contributed by atoms with Crippen molar-refractivity contribution in [1.29, 1.82) is 0 Å². The zero-order valence-electron chi connectivity index (χ0n) is 13.9. The maximum Gasteiger partial charge on any atom is 0.237 e. The molecule has 1 aromatic carbocycles. The van der Waals surface area contributed by atoms with Crippen LogP contribution in [0.1, 0.15) is 25.3 Å². The van der Waals surface area contributed by atoms with Crippen molar-refractivity contribution in [3.05, 3.63) is 29.3 Å². The fourth-order valence-corrected chi connectivity index (χ4v) is 3.89. The Morgan fingerprint density at radius 3 is 3.00 bits per heavy atom. The number of aromatic nitrogens is 1. The van der Waals surface area contributed by atoms with Gasteiger partial charge in [0.1, 0.15) is 5.01 Å². The van der Waals surface area contributed by atoms with Gasteiger partial charge in [-0.3, -0.25) is 14.5 Å². The molecule has 0 bridgehead atoms. The highest BCUT2D eigenvalue weighted by molar-refractivity contribution is 7.18. The van der Waals surface area contributed by atoms with Crippen molar-refractivity contribution in [2.45, 2.75) is 38.9 Å². The smallest absolute Gasteiger partial charge is 0.237 e. The van der Waals surface area contributed by atoms with E-state index in [0.717, 1.165) is 21.8 Å². The van der Waals surface area contributed by atoms with E-state index in [-0.39, 0.29) is 24.3 Å². The van der Waals surface area contributed by atoms with E-state index in [1.165, 1.54) is 0 Å². The van der Waals surface area contributed by atoms with Crippen molar-refractivity contribution in [2.24, 2.45) is 0 Å². The minimum absolute atomic E-state index is 0.0647. The minimum atomic E-state index is -0.394. The van der Waals surface area contributed by atoms with E-state index in [1.807, 2.05) is 38.1 Å². The summed E-state index contributed by atoms with van der Waals surface area (Å²) >= 11 is 1.58. The van der Waals surface area contributed by atoms with Crippen LogP contribution >= 0.6 is 11.3 Å². The lowest BCUT2D eigenvalue weighted by Gasteiger charge is -2.37. The molecule has 0 radical (unpaired) electrons. The Morgan fingerprint density at radius 2 is 2.25 bits per heavy atom. The molecule has 1 aromatic heterocycles. The monoisotopic (exact) mass is 346 g/mol. The van der Waals surface area contributed by atoms with Gasteiger partial charge in [0.05, 0.1) is 29.2 Å². The summed E-state index contributed by atoms with van der Waals surface area (Å²) in [4.78, 5) is 30.9. The molecule has 24 heavy (non-hydrogen) atoms. The van der Waals surface area contributed by atoms with Gasteiger partial charge in [0.15, 0.2) is 0 Å². The van der Waals surface area contributed by atoms with Crippen molar-refractivity contribution in [3.8, 4) is 0 Å². The fourth-order valence-electron chi connectivity index (χ4n) is 2.98. The van der Waals surface area contributed by atoms with Crippen LogP contribution in [-0.4, -0.2) is 46.9 Å². The third kappa shape index (κ3) is 3.73. The molecule has 1 atom stereocenters. The summed E-state index contributed by atoms with van der Waals surface area (Å²) in [5.74, 6) is -0.188. The summed E-state index contributed by atoms with van der Waals surface area (Å²) in [6.07, 6.45) is 0.176. The molecule has 6 nitrogen and oxygen atoms in total. The average molecular weight is 346 g/mol. The Kier molecular flexibility index (Phi) is 5.11. The van der Waals surface area contributed by atoms with Crippen molar-refractivity contribution >= 4 is 33.4 Å². The van der Waals surface area contributed by atoms with E-state index in [1.54, 1.807) is 11.3 Å². The van der Waals surface area contributed by atoms with Gasteiger partial charge >= 0.3 is 0 Å². The van der Waals surface area contributed by atoms with Crippen LogP contribution in [0.15, 0.2) is 24.3 Å². The topological polar surface area (TPSA) is 74.3 Å². The second kappa shape index (κ2) is 7.27. The SMILES string of the molecule is CC(C)N1CCNC(=O)[C@H]1CC(=O)NCc1nc2ccccc2s1. The Labute approximate surface area is 145 Å². The molecule has 2 heterocycles. The number of hydrogen-bond acceptors (Lipinski definition) is 5. The molecule has 128 valence electrons. The maximum absolute atomic E-state index is 12.3. The van der Waals surface area contributed by atoms with E-state index in [9.17, 15) is 9.59 Å². The van der Waals surface area contributed by atoms with Crippen molar-refractivity contribution < 1.29 is 9.59 Å². The number of nitrogens with zero attached hydrogens (tertiary/aromatic N) is 2. The first-order chi connectivity index (χ1) is 11.5. The van der Waals surface area contributed by atoms with Gasteiger partial charge in [0, 0.05) is 19.1 Å². The van der Waals surface area contributed by atoms with Crippen LogP contribution in [0.5, 0.6) is 0 Å². The predicted octanol–water partition coefficient (Wildman–Crippen LogP) is 1.51. The normalized spacial score (nSPS) is 18.8. The lowest BCUT2D eigenvalue weighted by Crippen LogP contribution is -2.58. The van der Waals surface area contributed by atoms with Gasteiger partial charge < -0.3 is 10.6 Å². The van der Waals surface area contributed by atoms with Crippen LogP contribution in [0, 0.1) is 0 Å². The van der Waals surface area contributed by atoms with Crippen molar-refractivity contribution in [1.82, 2.24) is 20.5 Å². The van der Waals surface area contributed by atoms with Gasteiger partial charge in [-0.2, -0.15) is 0 Å². The summed E-state index contributed by atoms with van der Waals surface area (Å²) in [5, 5.41) is 6.61. The number of amides is 2. The van der Waals surface area contributed by atoms with Gasteiger partial charge in [-0.25, -0.2) is 4.98 Å². The van der Waals surface area contributed by atoms with Crippen LogP contribution in [-0.2, 0) is 16.1 Å². The molecule has 0 spiro atoms. The maximum atomic E-state index is 12.3. The van der Waals surface area contributed by atoms with Gasteiger partial charge in [0.2, 0.25) is 11.8 Å². The van der Waals surface area contributed by atoms with Crippen molar-refractivity contribution in [3.63, 3.8) is 0 Å². The quantitative estimate of drug-likeness (QED) is 0.861. The summed E-state index contributed by atoms with van der Waals surface area (Å²) in [5.41, 5.74) is 0.949. The molecule has 0 aliphatic carbocycles. The van der Waals surface area contributed by atoms with E-state index < -0.39 is 6.04 Å². The first-order valence-corrected chi connectivity index (χ1v) is 9.01. The summed E-state index contributed by atoms with van der Waals surface area (Å²) < 4.78 is 1.11. The van der Waals surface area contributed by atoms with Gasteiger partial charge in [0.25, 0.3) is 0 Å². The van der Waals surface area contributed by atoms with E-state index in [0.29, 0.717) is 13.1 Å². The molecule has 1 saturated heterocycles. The second-order valence-corrected chi connectivity index (χ2v) is 7.31. The Morgan fingerprint density at radius 1 is 1.46 bits per heavy atom. The number of para-hydroxylation sites is 1. The molecule has 0 saturated carbocycles. The molecule has 3 rings (SSSR count). The van der Waals surface area contributed by atoms with Crippen LogP contribution in [0.3, 0.4) is 0 Å². The zero-order chi connectivity index (χ0) is 17.1. The van der Waals surface area contributed by atoms with Crippen LogP contribution < -0.4 is 10.6 Å². The molecular weight excluding hydrogens is 324 g/mol. The summed E-state index contributed by atoms with van der Waals surface area (Å²) in [6.45, 7) is 5.91. The Balaban J connectivity index is 1.59. The molecule has 1 aliphatic rings.